The summed E-state index contributed by atoms with van der Waals surface area (Å²) in [7, 11) is -4.52. The van der Waals surface area contributed by atoms with Crippen LogP contribution in [0.25, 0.3) is 10.8 Å². The van der Waals surface area contributed by atoms with Gasteiger partial charge in [0.25, 0.3) is 5.92 Å². The highest BCUT2D eigenvalue weighted by Crippen LogP contribution is 2.40. The van der Waals surface area contributed by atoms with Crippen LogP contribution in [0.4, 0.5) is 8.78 Å². The maximum Gasteiger partial charge on any atom is 0.298 e. The fourth-order valence-corrected chi connectivity index (χ4v) is 7.38. The summed E-state index contributed by atoms with van der Waals surface area (Å²) in [5.41, 5.74) is 5.68. The number of halogens is 3. The predicted molar refractivity (Wildman–Crippen MR) is 151 cm³/mol. The summed E-state index contributed by atoms with van der Waals surface area (Å²) >= 11 is 3.24. The molecule has 1 saturated carbocycles. The molecule has 1 amide bonds. The Morgan fingerprint density at radius 2 is 1.60 bits per heavy atom. The van der Waals surface area contributed by atoms with Gasteiger partial charge in [-0.2, -0.15) is 13.5 Å². The fraction of sp³-hybridized carbons (Fsp3) is 0.414. The van der Waals surface area contributed by atoms with Gasteiger partial charge in [-0.1, -0.05) is 40.2 Å². The van der Waals surface area contributed by atoms with Gasteiger partial charge in [-0.25, -0.2) is 8.42 Å². The van der Waals surface area contributed by atoms with Crippen LogP contribution in [-0.4, -0.2) is 49.5 Å². The number of sulfonamides is 1. The number of fused-ring (bicyclic) bond motifs is 3. The Balaban J connectivity index is 1.34. The SMILES string of the molecule is NC1CC2CCC(C1)N2C(=O)C(NS(=O)(=O)c1ccc2cc(OC3CC3)ccc2c1)C(F)(F)c1ccc(Br)cc1. The minimum absolute atomic E-state index is 0.114. The molecule has 7 nitrogen and oxygen atoms in total. The first-order valence-electron chi connectivity index (χ1n) is 13.5. The molecule has 212 valence electrons. The van der Waals surface area contributed by atoms with E-state index in [0.717, 1.165) is 18.2 Å². The summed E-state index contributed by atoms with van der Waals surface area (Å²) < 4.78 is 68.0. The van der Waals surface area contributed by atoms with E-state index in [2.05, 4.69) is 20.7 Å². The lowest BCUT2D eigenvalue weighted by Gasteiger charge is -2.41. The second kappa shape index (κ2) is 10.3. The number of nitrogens with one attached hydrogen (secondary N) is 1. The van der Waals surface area contributed by atoms with Crippen LogP contribution in [-0.2, 0) is 20.7 Å². The number of amides is 1. The zero-order valence-corrected chi connectivity index (χ0v) is 24.0. The van der Waals surface area contributed by atoms with Crippen molar-refractivity contribution < 1.29 is 26.7 Å². The van der Waals surface area contributed by atoms with Gasteiger partial charge in [-0.15, -0.1) is 0 Å². The topological polar surface area (TPSA) is 102 Å². The first-order valence-corrected chi connectivity index (χ1v) is 15.7. The molecule has 0 radical (unpaired) electrons. The minimum Gasteiger partial charge on any atom is -0.490 e. The molecule has 3 atom stereocenters. The van der Waals surface area contributed by atoms with E-state index in [9.17, 15) is 13.2 Å². The van der Waals surface area contributed by atoms with E-state index >= 15 is 8.78 Å². The number of ether oxygens (including phenoxy) is 1. The molecule has 3 N–H and O–H groups in total. The third-order valence-electron chi connectivity index (χ3n) is 8.06. The van der Waals surface area contributed by atoms with Gasteiger partial charge in [0.15, 0.2) is 6.04 Å². The summed E-state index contributed by atoms with van der Waals surface area (Å²) in [4.78, 5) is 15.1. The van der Waals surface area contributed by atoms with Gasteiger partial charge in [-0.3, -0.25) is 4.79 Å². The Morgan fingerprint density at radius 3 is 2.25 bits per heavy atom. The van der Waals surface area contributed by atoms with Gasteiger partial charge in [0.2, 0.25) is 15.9 Å². The molecule has 6 rings (SSSR count). The number of alkyl halides is 2. The number of carbonyl (C=O) groups excluding carboxylic acids is 1. The van der Waals surface area contributed by atoms with E-state index in [1.807, 2.05) is 6.07 Å². The normalized spacial score (nSPS) is 23.8. The fourth-order valence-electron chi connectivity index (χ4n) is 5.89. The number of piperidine rings is 1. The monoisotopic (exact) mass is 633 g/mol. The molecule has 2 aliphatic heterocycles. The second-order valence-corrected chi connectivity index (χ2v) is 13.7. The van der Waals surface area contributed by atoms with Crippen LogP contribution in [0.2, 0.25) is 0 Å². The first kappa shape index (κ1) is 27.6. The van der Waals surface area contributed by atoms with Crippen molar-refractivity contribution in [3.05, 3.63) is 70.7 Å². The molecule has 2 bridgehead atoms. The van der Waals surface area contributed by atoms with Crippen molar-refractivity contribution in [3.8, 4) is 5.75 Å². The van der Waals surface area contributed by atoms with Gasteiger partial charge < -0.3 is 15.4 Å². The van der Waals surface area contributed by atoms with Crippen molar-refractivity contribution in [1.29, 1.82) is 0 Å². The van der Waals surface area contributed by atoms with E-state index in [-0.39, 0.29) is 29.1 Å². The Labute approximate surface area is 240 Å². The molecule has 40 heavy (non-hydrogen) atoms. The van der Waals surface area contributed by atoms with Crippen LogP contribution >= 0.6 is 15.9 Å². The Morgan fingerprint density at radius 1 is 0.975 bits per heavy atom. The summed E-state index contributed by atoms with van der Waals surface area (Å²) in [6, 6.07) is 11.9. The van der Waals surface area contributed by atoms with Crippen molar-refractivity contribution in [3.63, 3.8) is 0 Å². The maximum absolute atomic E-state index is 16.1. The largest absolute Gasteiger partial charge is 0.490 e. The molecule has 3 aromatic carbocycles. The highest BCUT2D eigenvalue weighted by molar-refractivity contribution is 9.10. The second-order valence-electron chi connectivity index (χ2n) is 11.0. The van der Waals surface area contributed by atoms with Crippen molar-refractivity contribution in [1.82, 2.24) is 9.62 Å². The summed E-state index contributed by atoms with van der Waals surface area (Å²) in [6.07, 6.45) is 4.56. The van der Waals surface area contributed by atoms with E-state index in [1.165, 1.54) is 41.3 Å². The van der Waals surface area contributed by atoms with Crippen molar-refractivity contribution >= 4 is 42.6 Å². The number of nitrogens with zero attached hydrogens (tertiary/aromatic N) is 1. The van der Waals surface area contributed by atoms with Gasteiger partial charge in [0, 0.05) is 28.2 Å². The quantitative estimate of drug-likeness (QED) is 0.361. The van der Waals surface area contributed by atoms with E-state index < -0.39 is 33.5 Å². The number of carbonyl (C=O) groups is 1. The molecular formula is C29H30BrF2N3O4S. The lowest BCUT2D eigenvalue weighted by atomic mass is 9.95. The van der Waals surface area contributed by atoms with Crippen LogP contribution in [0.1, 0.15) is 44.1 Å². The van der Waals surface area contributed by atoms with Crippen LogP contribution < -0.4 is 15.2 Å². The number of benzene rings is 3. The van der Waals surface area contributed by atoms with Gasteiger partial charge in [0.1, 0.15) is 5.75 Å². The van der Waals surface area contributed by atoms with Gasteiger partial charge >= 0.3 is 0 Å². The third kappa shape index (κ3) is 5.36. The molecule has 3 aromatic rings. The zero-order valence-electron chi connectivity index (χ0n) is 21.6. The molecule has 2 saturated heterocycles. The molecule has 3 unspecified atom stereocenters. The maximum atomic E-state index is 16.1. The zero-order chi connectivity index (χ0) is 28.2. The first-order chi connectivity index (χ1) is 19.0. The molecule has 0 aromatic heterocycles. The Hall–Kier alpha value is -2.60. The molecule has 1 aliphatic carbocycles. The third-order valence-corrected chi connectivity index (χ3v) is 10.0. The van der Waals surface area contributed by atoms with Crippen LogP contribution in [0.5, 0.6) is 5.75 Å². The van der Waals surface area contributed by atoms with Crippen molar-refractivity contribution in [2.75, 3.05) is 0 Å². The number of hydrogen-bond donors (Lipinski definition) is 2. The average molecular weight is 635 g/mol. The van der Waals surface area contributed by atoms with E-state index in [0.29, 0.717) is 41.3 Å². The molecule has 11 heteroatoms. The standard InChI is InChI=1S/C29H30BrF2N3O4S/c30-20-5-3-19(4-6-20)29(31,32)27(28(36)35-22-7-8-23(35)16-21(33)15-22)34-40(37,38)26-12-2-17-13-25(39-24-10-11-24)9-1-18(17)14-26/h1-6,9,12-14,21-24,27,34H,7-8,10-11,15-16,33H2. The van der Waals surface area contributed by atoms with Crippen molar-refractivity contribution in [2.45, 2.75) is 79.6 Å². The minimum atomic E-state index is -4.52. The van der Waals surface area contributed by atoms with Gasteiger partial charge in [0.05, 0.1) is 11.0 Å². The summed E-state index contributed by atoms with van der Waals surface area (Å²) in [5.74, 6) is -4.06. The van der Waals surface area contributed by atoms with E-state index in [1.54, 1.807) is 18.2 Å². The molecule has 3 fully saturated rings. The Bertz CT molecular complexity index is 1530. The number of hydrogen-bond acceptors (Lipinski definition) is 5. The van der Waals surface area contributed by atoms with Crippen LogP contribution in [0.15, 0.2) is 70.0 Å². The summed E-state index contributed by atoms with van der Waals surface area (Å²) in [6.45, 7) is 0. The Kier molecular flexibility index (Phi) is 7.13. The van der Waals surface area contributed by atoms with Crippen LogP contribution in [0.3, 0.4) is 0 Å². The van der Waals surface area contributed by atoms with Crippen molar-refractivity contribution in [2.24, 2.45) is 5.73 Å². The number of nitrogens with two attached hydrogens (primary N) is 1. The lowest BCUT2D eigenvalue weighted by molar-refractivity contribution is -0.149. The number of rotatable bonds is 8. The molecule has 2 heterocycles. The van der Waals surface area contributed by atoms with Crippen LogP contribution in [0, 0.1) is 0 Å². The highest BCUT2D eigenvalue weighted by atomic mass is 79.9. The van der Waals surface area contributed by atoms with E-state index in [4.69, 9.17) is 10.5 Å². The molecule has 0 spiro atoms. The average Bonchev–Trinajstić information content (AvgIpc) is 3.69. The summed E-state index contributed by atoms with van der Waals surface area (Å²) in [5, 5.41) is 1.36. The molecular weight excluding hydrogens is 604 g/mol. The lowest BCUT2D eigenvalue weighted by Crippen LogP contribution is -2.60. The predicted octanol–water partition coefficient (Wildman–Crippen LogP) is 5.06. The van der Waals surface area contributed by atoms with Gasteiger partial charge in [-0.05, 0) is 85.7 Å². The smallest absolute Gasteiger partial charge is 0.298 e. The highest BCUT2D eigenvalue weighted by Gasteiger charge is 2.53. The molecule has 3 aliphatic rings.